The number of imidazole rings is 1. The van der Waals surface area contributed by atoms with Crippen LogP contribution in [0.15, 0.2) is 18.3 Å². The molecule has 1 N–H and O–H groups in total. The molecule has 1 aliphatic heterocycles. The summed E-state index contributed by atoms with van der Waals surface area (Å²) in [6.07, 6.45) is 1.84. The molecule has 0 atom stereocenters. The Labute approximate surface area is 113 Å². The minimum atomic E-state index is 0.587. The van der Waals surface area contributed by atoms with E-state index in [0.717, 1.165) is 38.2 Å². The first kappa shape index (κ1) is 10.8. The summed E-state index contributed by atoms with van der Waals surface area (Å²) in [7, 11) is 0. The van der Waals surface area contributed by atoms with E-state index >= 15 is 0 Å². The molecule has 1 aliphatic rings. The Kier molecular flexibility index (Phi) is 2.25. The molecule has 0 spiro atoms. The van der Waals surface area contributed by atoms with Crippen LogP contribution in [0.2, 0.25) is 0 Å². The lowest BCUT2D eigenvalue weighted by Gasteiger charge is -2.17. The number of benzene rings is 1. The third kappa shape index (κ3) is 1.76. The zero-order chi connectivity index (χ0) is 12.8. The van der Waals surface area contributed by atoms with E-state index in [-0.39, 0.29) is 0 Å². The van der Waals surface area contributed by atoms with E-state index in [4.69, 9.17) is 9.47 Å². The standard InChI is InChI=1S/C13H11N3O2S/c1-7-14-6-12(19-7)13-15-8-4-10-11(5-9(8)16-13)18-3-2-17-10/h4-6H,2-3H2,1H3,(H,15,16). The van der Waals surface area contributed by atoms with Gasteiger partial charge in [-0.2, -0.15) is 0 Å². The SMILES string of the molecule is Cc1ncc(-c2nc3cc4c(cc3[nH]2)OCCO4)s1. The molecule has 0 aliphatic carbocycles. The van der Waals surface area contributed by atoms with E-state index in [9.17, 15) is 0 Å². The van der Waals surface area contributed by atoms with Gasteiger partial charge < -0.3 is 14.5 Å². The number of aromatic amines is 1. The molecule has 1 aromatic carbocycles. The molecule has 96 valence electrons. The van der Waals surface area contributed by atoms with Crippen molar-refractivity contribution in [3.8, 4) is 22.2 Å². The Morgan fingerprint density at radius 2 is 2.00 bits per heavy atom. The van der Waals surface area contributed by atoms with Gasteiger partial charge in [-0.1, -0.05) is 0 Å². The fraction of sp³-hybridized carbons (Fsp3) is 0.231. The van der Waals surface area contributed by atoms with Crippen LogP contribution in [-0.4, -0.2) is 28.2 Å². The highest BCUT2D eigenvalue weighted by molar-refractivity contribution is 7.14. The number of H-pyrrole nitrogens is 1. The monoisotopic (exact) mass is 273 g/mol. The number of rotatable bonds is 1. The molecule has 19 heavy (non-hydrogen) atoms. The Bertz CT molecular complexity index is 719. The lowest BCUT2D eigenvalue weighted by molar-refractivity contribution is 0.172. The quantitative estimate of drug-likeness (QED) is 0.740. The van der Waals surface area contributed by atoms with Gasteiger partial charge in [0.2, 0.25) is 0 Å². The number of thiazole rings is 1. The van der Waals surface area contributed by atoms with Crippen LogP contribution in [-0.2, 0) is 0 Å². The van der Waals surface area contributed by atoms with Crippen molar-refractivity contribution in [2.75, 3.05) is 13.2 Å². The first-order valence-corrected chi connectivity index (χ1v) is 6.83. The summed E-state index contributed by atoms with van der Waals surface area (Å²) in [5.74, 6) is 2.37. The van der Waals surface area contributed by atoms with Crippen molar-refractivity contribution in [1.29, 1.82) is 0 Å². The molecule has 6 heteroatoms. The molecule has 0 bridgehead atoms. The second kappa shape index (κ2) is 3.96. The number of aromatic nitrogens is 3. The Morgan fingerprint density at radius 1 is 1.21 bits per heavy atom. The fourth-order valence-corrected chi connectivity index (χ4v) is 2.86. The van der Waals surface area contributed by atoms with Crippen LogP contribution in [0.4, 0.5) is 0 Å². The maximum atomic E-state index is 5.57. The number of nitrogens with one attached hydrogen (secondary N) is 1. The van der Waals surface area contributed by atoms with Crippen LogP contribution in [0, 0.1) is 6.92 Å². The van der Waals surface area contributed by atoms with Gasteiger partial charge in [-0.25, -0.2) is 9.97 Å². The zero-order valence-electron chi connectivity index (χ0n) is 10.3. The summed E-state index contributed by atoms with van der Waals surface area (Å²) in [4.78, 5) is 13.2. The van der Waals surface area contributed by atoms with Gasteiger partial charge in [0.25, 0.3) is 0 Å². The maximum absolute atomic E-state index is 5.57. The molecule has 3 aromatic rings. The van der Waals surface area contributed by atoms with Crippen LogP contribution in [0.1, 0.15) is 5.01 Å². The molecule has 0 fully saturated rings. The van der Waals surface area contributed by atoms with Gasteiger partial charge in [-0.05, 0) is 6.92 Å². The number of ether oxygens (including phenoxy) is 2. The van der Waals surface area contributed by atoms with Crippen LogP contribution in [0.3, 0.4) is 0 Å². The Balaban J connectivity index is 1.87. The van der Waals surface area contributed by atoms with Gasteiger partial charge in [0, 0.05) is 18.3 Å². The van der Waals surface area contributed by atoms with E-state index in [0.29, 0.717) is 13.2 Å². The molecule has 3 heterocycles. The first-order valence-electron chi connectivity index (χ1n) is 6.02. The van der Waals surface area contributed by atoms with Crippen LogP contribution in [0.5, 0.6) is 11.5 Å². The highest BCUT2D eigenvalue weighted by Gasteiger charge is 2.15. The minimum absolute atomic E-state index is 0.587. The Morgan fingerprint density at radius 3 is 2.74 bits per heavy atom. The van der Waals surface area contributed by atoms with Gasteiger partial charge in [0.15, 0.2) is 11.5 Å². The van der Waals surface area contributed by atoms with Crippen LogP contribution in [0.25, 0.3) is 21.7 Å². The van der Waals surface area contributed by atoms with E-state index in [1.807, 2.05) is 25.3 Å². The summed E-state index contributed by atoms with van der Waals surface area (Å²) < 4.78 is 11.1. The van der Waals surface area contributed by atoms with Crippen molar-refractivity contribution in [3.05, 3.63) is 23.3 Å². The second-order valence-electron chi connectivity index (χ2n) is 4.34. The van der Waals surface area contributed by atoms with Crippen LogP contribution >= 0.6 is 11.3 Å². The van der Waals surface area contributed by atoms with E-state index in [2.05, 4.69) is 15.0 Å². The smallest absolute Gasteiger partial charge is 0.163 e. The summed E-state index contributed by atoms with van der Waals surface area (Å²) in [5.41, 5.74) is 1.83. The van der Waals surface area contributed by atoms with Gasteiger partial charge in [-0.3, -0.25) is 0 Å². The lowest BCUT2D eigenvalue weighted by Crippen LogP contribution is -2.15. The van der Waals surface area contributed by atoms with Crippen molar-refractivity contribution < 1.29 is 9.47 Å². The number of nitrogens with zero attached hydrogens (tertiary/aromatic N) is 2. The van der Waals surface area contributed by atoms with Gasteiger partial charge >= 0.3 is 0 Å². The number of aryl methyl sites for hydroxylation is 1. The molecule has 2 aromatic heterocycles. The number of fused-ring (bicyclic) bond motifs is 2. The van der Waals surface area contributed by atoms with Crippen molar-refractivity contribution in [1.82, 2.24) is 15.0 Å². The predicted molar refractivity (Wildman–Crippen MR) is 72.9 cm³/mol. The molecule has 0 radical (unpaired) electrons. The average molecular weight is 273 g/mol. The normalized spacial score (nSPS) is 13.9. The highest BCUT2D eigenvalue weighted by atomic mass is 32.1. The van der Waals surface area contributed by atoms with Crippen molar-refractivity contribution in [2.45, 2.75) is 6.92 Å². The van der Waals surface area contributed by atoms with Crippen LogP contribution < -0.4 is 9.47 Å². The third-order valence-corrected chi connectivity index (χ3v) is 3.92. The summed E-state index contributed by atoms with van der Waals surface area (Å²) >= 11 is 1.62. The average Bonchev–Trinajstić information content (AvgIpc) is 3.01. The van der Waals surface area contributed by atoms with Crippen molar-refractivity contribution in [2.24, 2.45) is 0 Å². The second-order valence-corrected chi connectivity index (χ2v) is 5.58. The minimum Gasteiger partial charge on any atom is -0.486 e. The van der Waals surface area contributed by atoms with E-state index in [1.54, 1.807) is 11.3 Å². The molecule has 0 amide bonds. The van der Waals surface area contributed by atoms with E-state index < -0.39 is 0 Å². The van der Waals surface area contributed by atoms with Gasteiger partial charge in [0.1, 0.15) is 19.0 Å². The largest absolute Gasteiger partial charge is 0.486 e. The van der Waals surface area contributed by atoms with Crippen molar-refractivity contribution >= 4 is 22.4 Å². The third-order valence-electron chi connectivity index (χ3n) is 3.00. The topological polar surface area (TPSA) is 60.0 Å². The van der Waals surface area contributed by atoms with Gasteiger partial charge in [0.05, 0.1) is 20.9 Å². The number of hydrogen-bond acceptors (Lipinski definition) is 5. The Hall–Kier alpha value is -2.08. The van der Waals surface area contributed by atoms with Gasteiger partial charge in [-0.15, -0.1) is 11.3 Å². The molecule has 4 rings (SSSR count). The fourth-order valence-electron chi connectivity index (χ4n) is 2.13. The zero-order valence-corrected chi connectivity index (χ0v) is 11.1. The summed E-state index contributed by atoms with van der Waals surface area (Å²) in [6.45, 7) is 3.16. The van der Waals surface area contributed by atoms with E-state index in [1.165, 1.54) is 0 Å². The predicted octanol–water partition coefficient (Wildman–Crippen LogP) is 2.77. The molecule has 0 saturated heterocycles. The maximum Gasteiger partial charge on any atom is 0.163 e. The number of hydrogen-bond donors (Lipinski definition) is 1. The molecular weight excluding hydrogens is 262 g/mol. The lowest BCUT2D eigenvalue weighted by atomic mass is 10.2. The highest BCUT2D eigenvalue weighted by Crippen LogP contribution is 2.35. The summed E-state index contributed by atoms with van der Waals surface area (Å²) in [5, 5.41) is 1.03. The molecule has 0 saturated carbocycles. The first-order chi connectivity index (χ1) is 9.29. The summed E-state index contributed by atoms with van der Waals surface area (Å²) in [6, 6.07) is 3.85. The molecular formula is C13H11N3O2S. The van der Waals surface area contributed by atoms with Crippen molar-refractivity contribution in [3.63, 3.8) is 0 Å². The molecule has 5 nitrogen and oxygen atoms in total. The molecule has 0 unspecified atom stereocenters.